The molecule has 2 heterocycles. The Morgan fingerprint density at radius 3 is 2.50 bits per heavy atom. The highest BCUT2D eigenvalue weighted by Gasteiger charge is 2.21. The summed E-state index contributed by atoms with van der Waals surface area (Å²) in [5.74, 6) is 0.935. The van der Waals surface area contributed by atoms with E-state index >= 15 is 0 Å². The van der Waals surface area contributed by atoms with E-state index in [0.717, 1.165) is 0 Å². The van der Waals surface area contributed by atoms with Crippen molar-refractivity contribution in [3.8, 4) is 0 Å². The minimum absolute atomic E-state index is 0.165. The van der Waals surface area contributed by atoms with Crippen molar-refractivity contribution in [1.29, 1.82) is 0 Å². The van der Waals surface area contributed by atoms with E-state index in [-0.39, 0.29) is 11.8 Å². The Labute approximate surface area is 112 Å². The molecule has 0 fully saturated rings. The summed E-state index contributed by atoms with van der Waals surface area (Å²) in [7, 11) is 3.09. The number of esters is 1. The predicted molar refractivity (Wildman–Crippen MR) is 67.4 cm³/mol. The average Bonchev–Trinajstić information content (AvgIpc) is 2.99. The fraction of sp³-hybridized carbons (Fsp3) is 0.250. The van der Waals surface area contributed by atoms with Crippen molar-refractivity contribution in [2.45, 2.75) is 6.04 Å². The summed E-state index contributed by atoms with van der Waals surface area (Å²) in [4.78, 5) is 11.3. The Morgan fingerprint density at radius 2 is 1.94 bits per heavy atom. The molecule has 0 bridgehead atoms. The summed E-state index contributed by atoms with van der Waals surface area (Å²) in [6, 6.07) is 6.65. The van der Waals surface area contributed by atoms with E-state index in [9.17, 15) is 4.79 Å². The van der Waals surface area contributed by atoms with Crippen LogP contribution in [-0.4, -0.2) is 20.1 Å². The Hall–Kier alpha value is -1.53. The predicted octanol–water partition coefficient (Wildman–Crippen LogP) is 2.73. The van der Waals surface area contributed by atoms with E-state index < -0.39 is 5.97 Å². The minimum Gasteiger partial charge on any atom is -0.463 e. The summed E-state index contributed by atoms with van der Waals surface area (Å²) in [6.07, 6.45) is 0. The first-order valence-corrected chi connectivity index (χ1v) is 6.05. The molecule has 0 aliphatic heterocycles. The molecule has 2 aromatic heterocycles. The van der Waals surface area contributed by atoms with Crippen LogP contribution >= 0.6 is 15.9 Å². The van der Waals surface area contributed by atoms with Gasteiger partial charge in [-0.1, -0.05) is 0 Å². The third-order valence-corrected chi connectivity index (χ3v) is 2.89. The van der Waals surface area contributed by atoms with Crippen LogP contribution in [0, 0.1) is 0 Å². The number of methoxy groups -OCH3 is 1. The van der Waals surface area contributed by atoms with Crippen LogP contribution in [0.25, 0.3) is 0 Å². The standard InChI is InChI=1S/C12H12BrNO4/c1-14-11(8-5-6-10(13)18-8)7-3-4-9(17-7)12(15)16-2/h3-6,11,14H,1-2H3. The van der Waals surface area contributed by atoms with Gasteiger partial charge in [0.05, 0.1) is 7.11 Å². The molecule has 0 saturated carbocycles. The summed E-state index contributed by atoms with van der Waals surface area (Å²) < 4.78 is 16.1. The van der Waals surface area contributed by atoms with Gasteiger partial charge in [0.1, 0.15) is 17.6 Å². The lowest BCUT2D eigenvalue weighted by Crippen LogP contribution is -2.16. The zero-order chi connectivity index (χ0) is 13.1. The van der Waals surface area contributed by atoms with E-state index in [4.69, 9.17) is 8.83 Å². The molecule has 1 atom stereocenters. The molecular weight excluding hydrogens is 302 g/mol. The first-order chi connectivity index (χ1) is 8.65. The maximum absolute atomic E-state index is 11.3. The van der Waals surface area contributed by atoms with Crippen LogP contribution in [0.4, 0.5) is 0 Å². The summed E-state index contributed by atoms with van der Waals surface area (Å²) in [6.45, 7) is 0. The van der Waals surface area contributed by atoms with Gasteiger partial charge in [0.25, 0.3) is 0 Å². The highest BCUT2D eigenvalue weighted by molar-refractivity contribution is 9.10. The second-order valence-electron chi connectivity index (χ2n) is 3.56. The molecule has 0 spiro atoms. The van der Waals surface area contributed by atoms with Crippen LogP contribution in [0.2, 0.25) is 0 Å². The summed E-state index contributed by atoms with van der Waals surface area (Å²) in [5.41, 5.74) is 0. The number of hydrogen-bond acceptors (Lipinski definition) is 5. The lowest BCUT2D eigenvalue weighted by Gasteiger charge is -2.10. The molecule has 0 amide bonds. The van der Waals surface area contributed by atoms with E-state index in [1.54, 1.807) is 25.2 Å². The van der Waals surface area contributed by atoms with Gasteiger partial charge in [0.15, 0.2) is 4.67 Å². The average molecular weight is 314 g/mol. The second-order valence-corrected chi connectivity index (χ2v) is 4.34. The molecule has 0 aliphatic rings. The zero-order valence-electron chi connectivity index (χ0n) is 9.90. The lowest BCUT2D eigenvalue weighted by molar-refractivity contribution is 0.0562. The Bertz CT molecular complexity index is 546. The number of nitrogens with one attached hydrogen (secondary N) is 1. The number of rotatable bonds is 4. The molecule has 96 valence electrons. The second kappa shape index (κ2) is 5.41. The topological polar surface area (TPSA) is 64.6 Å². The Kier molecular flexibility index (Phi) is 3.88. The number of furan rings is 2. The van der Waals surface area contributed by atoms with Gasteiger partial charge in [-0.3, -0.25) is 0 Å². The van der Waals surface area contributed by atoms with Crippen LogP contribution in [0.5, 0.6) is 0 Å². The molecule has 5 nitrogen and oxygen atoms in total. The smallest absolute Gasteiger partial charge is 0.373 e. The quantitative estimate of drug-likeness (QED) is 0.879. The van der Waals surface area contributed by atoms with Crippen LogP contribution in [0.1, 0.15) is 28.1 Å². The number of hydrogen-bond donors (Lipinski definition) is 1. The van der Waals surface area contributed by atoms with Gasteiger partial charge in [-0.15, -0.1) is 0 Å². The highest BCUT2D eigenvalue weighted by Crippen LogP contribution is 2.27. The van der Waals surface area contributed by atoms with Crippen LogP contribution in [0.15, 0.2) is 37.8 Å². The minimum atomic E-state index is -0.503. The molecule has 0 radical (unpaired) electrons. The van der Waals surface area contributed by atoms with Gasteiger partial charge < -0.3 is 18.9 Å². The van der Waals surface area contributed by atoms with Gasteiger partial charge in [0.2, 0.25) is 5.76 Å². The van der Waals surface area contributed by atoms with Crippen molar-refractivity contribution < 1.29 is 18.4 Å². The molecular formula is C12H12BrNO4. The molecule has 0 aliphatic carbocycles. The van der Waals surface area contributed by atoms with Gasteiger partial charge >= 0.3 is 5.97 Å². The third kappa shape index (κ3) is 2.49. The maximum atomic E-state index is 11.3. The molecule has 1 N–H and O–H groups in total. The molecule has 2 rings (SSSR count). The van der Waals surface area contributed by atoms with E-state index in [1.807, 2.05) is 6.07 Å². The lowest BCUT2D eigenvalue weighted by atomic mass is 10.2. The zero-order valence-corrected chi connectivity index (χ0v) is 11.5. The van der Waals surface area contributed by atoms with Crippen LogP contribution in [0.3, 0.4) is 0 Å². The number of carbonyl (C=O) groups is 1. The van der Waals surface area contributed by atoms with Crippen molar-refractivity contribution in [1.82, 2.24) is 5.32 Å². The molecule has 1 unspecified atom stereocenters. The van der Waals surface area contributed by atoms with Gasteiger partial charge in [-0.25, -0.2) is 4.79 Å². The summed E-state index contributed by atoms with van der Waals surface area (Å²) >= 11 is 3.24. The van der Waals surface area contributed by atoms with Crippen LogP contribution < -0.4 is 5.32 Å². The van der Waals surface area contributed by atoms with E-state index in [2.05, 4.69) is 26.0 Å². The largest absolute Gasteiger partial charge is 0.463 e. The van der Waals surface area contributed by atoms with Crippen molar-refractivity contribution >= 4 is 21.9 Å². The molecule has 18 heavy (non-hydrogen) atoms. The molecule has 0 saturated heterocycles. The van der Waals surface area contributed by atoms with Crippen molar-refractivity contribution in [2.24, 2.45) is 0 Å². The van der Waals surface area contributed by atoms with Crippen LogP contribution in [-0.2, 0) is 4.74 Å². The monoisotopic (exact) mass is 313 g/mol. The van der Waals surface area contributed by atoms with Crippen molar-refractivity contribution in [3.63, 3.8) is 0 Å². The Balaban J connectivity index is 2.28. The molecule has 2 aromatic rings. The molecule has 6 heteroatoms. The molecule has 0 aromatic carbocycles. The van der Waals surface area contributed by atoms with Gasteiger partial charge in [-0.2, -0.15) is 0 Å². The third-order valence-electron chi connectivity index (χ3n) is 2.47. The van der Waals surface area contributed by atoms with Gasteiger partial charge in [-0.05, 0) is 47.2 Å². The first-order valence-electron chi connectivity index (χ1n) is 5.26. The maximum Gasteiger partial charge on any atom is 0.373 e. The number of halogens is 1. The fourth-order valence-corrected chi connectivity index (χ4v) is 1.95. The first kappa shape index (κ1) is 12.9. The normalized spacial score (nSPS) is 12.4. The fourth-order valence-electron chi connectivity index (χ4n) is 1.63. The van der Waals surface area contributed by atoms with E-state index in [0.29, 0.717) is 16.2 Å². The van der Waals surface area contributed by atoms with Crippen molar-refractivity contribution in [2.75, 3.05) is 14.2 Å². The highest BCUT2D eigenvalue weighted by atomic mass is 79.9. The number of carbonyl (C=O) groups excluding carboxylic acids is 1. The van der Waals surface area contributed by atoms with Gasteiger partial charge in [0, 0.05) is 0 Å². The number of ether oxygens (including phenoxy) is 1. The Morgan fingerprint density at radius 1 is 1.28 bits per heavy atom. The van der Waals surface area contributed by atoms with Crippen molar-refractivity contribution in [3.05, 3.63) is 46.2 Å². The van der Waals surface area contributed by atoms with E-state index in [1.165, 1.54) is 7.11 Å². The SMILES string of the molecule is CNC(c1ccc(Br)o1)c1ccc(C(=O)OC)o1. The summed E-state index contributed by atoms with van der Waals surface area (Å²) in [5, 5.41) is 3.06.